The number of aryl methyl sites for hydroxylation is 4. The van der Waals surface area contributed by atoms with Gasteiger partial charge in [-0.2, -0.15) is 5.10 Å². The van der Waals surface area contributed by atoms with Crippen LogP contribution in [-0.2, 0) is 12.8 Å². The van der Waals surface area contributed by atoms with Gasteiger partial charge in [0.25, 0.3) is 0 Å². The summed E-state index contributed by atoms with van der Waals surface area (Å²) in [4.78, 5) is 0. The third-order valence-electron chi connectivity index (χ3n) is 3.21. The fourth-order valence-corrected chi connectivity index (χ4v) is 2.36. The molecule has 0 saturated carbocycles. The van der Waals surface area contributed by atoms with Gasteiger partial charge < -0.3 is 5.73 Å². The molecule has 1 heterocycles. The van der Waals surface area contributed by atoms with Crippen LogP contribution in [0.15, 0.2) is 24.3 Å². The topological polar surface area (TPSA) is 51.8 Å². The van der Waals surface area contributed by atoms with Gasteiger partial charge in [0.05, 0.1) is 5.69 Å². The molecule has 1 aromatic carbocycles. The average molecular weight is 241 g/mol. The number of aromatic nitrogens is 2. The van der Waals surface area contributed by atoms with Crippen LogP contribution in [0.4, 0.5) is 5.82 Å². The largest absolute Gasteiger partial charge is 0.382 e. The van der Waals surface area contributed by atoms with Crippen molar-refractivity contribution in [1.82, 2.24) is 10.2 Å². The molecule has 3 nitrogen and oxygen atoms in total. The van der Waals surface area contributed by atoms with E-state index in [0.29, 0.717) is 5.82 Å². The van der Waals surface area contributed by atoms with Crippen LogP contribution in [0.3, 0.4) is 0 Å². The van der Waals surface area contributed by atoms with Crippen LogP contribution in [0.25, 0.3) is 0 Å². The molecule has 1 aromatic heterocycles. The van der Waals surface area contributed by atoms with Gasteiger partial charge in [0.2, 0.25) is 0 Å². The Morgan fingerprint density at radius 2 is 1.61 bits per heavy atom. The minimum absolute atomic E-state index is 0.474. The van der Waals surface area contributed by atoms with Gasteiger partial charge in [-0.1, -0.05) is 17.7 Å². The zero-order valence-corrected chi connectivity index (χ0v) is 11.2. The smallest absolute Gasteiger partial charge is 0.146 e. The van der Waals surface area contributed by atoms with Gasteiger partial charge in [0.15, 0.2) is 0 Å². The van der Waals surface area contributed by atoms with E-state index in [9.17, 15) is 0 Å². The molecule has 0 aliphatic carbocycles. The van der Waals surface area contributed by atoms with Crippen LogP contribution in [0.5, 0.6) is 0 Å². The van der Waals surface area contributed by atoms with Crippen molar-refractivity contribution in [2.24, 2.45) is 0 Å². The number of hydrogen-bond acceptors (Lipinski definition) is 3. The maximum Gasteiger partial charge on any atom is 0.146 e. The standard InChI is InChI=1S/C15H19N3/c1-10-8-11(2)14(12(3)9-10)6-4-13-5-7-15(16)18-17-13/h5,7-9H,4,6H2,1-3H3,(H2,16,18). The van der Waals surface area contributed by atoms with Gasteiger partial charge >= 0.3 is 0 Å². The van der Waals surface area contributed by atoms with Gasteiger partial charge in [-0.25, -0.2) is 0 Å². The van der Waals surface area contributed by atoms with Gasteiger partial charge in [-0.05, 0) is 62.4 Å². The summed E-state index contributed by atoms with van der Waals surface area (Å²) in [6.45, 7) is 6.48. The molecule has 2 N–H and O–H groups in total. The van der Waals surface area contributed by atoms with E-state index in [4.69, 9.17) is 5.73 Å². The molecule has 0 bridgehead atoms. The van der Waals surface area contributed by atoms with Crippen LogP contribution in [0, 0.1) is 20.8 Å². The second-order valence-electron chi connectivity index (χ2n) is 4.83. The second kappa shape index (κ2) is 5.17. The van der Waals surface area contributed by atoms with Crippen LogP contribution < -0.4 is 5.73 Å². The van der Waals surface area contributed by atoms with E-state index < -0.39 is 0 Å². The predicted octanol–water partition coefficient (Wildman–Crippen LogP) is 2.77. The Bertz CT molecular complexity index is 521. The molecule has 0 spiro atoms. The van der Waals surface area contributed by atoms with Crippen molar-refractivity contribution in [3.05, 3.63) is 52.2 Å². The molecule has 0 unspecified atom stereocenters. The van der Waals surface area contributed by atoms with Crippen LogP contribution in [-0.4, -0.2) is 10.2 Å². The Balaban J connectivity index is 2.13. The van der Waals surface area contributed by atoms with E-state index in [1.54, 1.807) is 6.07 Å². The molecule has 0 aliphatic heterocycles. The molecule has 0 amide bonds. The third-order valence-corrected chi connectivity index (χ3v) is 3.21. The molecular formula is C15H19N3. The van der Waals surface area contributed by atoms with E-state index in [2.05, 4.69) is 43.1 Å². The van der Waals surface area contributed by atoms with Crippen molar-refractivity contribution in [3.8, 4) is 0 Å². The van der Waals surface area contributed by atoms with E-state index >= 15 is 0 Å². The van der Waals surface area contributed by atoms with Crippen LogP contribution >= 0.6 is 0 Å². The normalized spacial score (nSPS) is 10.6. The first kappa shape index (κ1) is 12.6. The van der Waals surface area contributed by atoms with Gasteiger partial charge in [-0.15, -0.1) is 5.10 Å². The molecule has 2 aromatic rings. The average Bonchev–Trinajstić information content (AvgIpc) is 2.30. The number of nitrogens with zero attached hydrogens (tertiary/aromatic N) is 2. The van der Waals surface area contributed by atoms with Crippen molar-refractivity contribution in [2.45, 2.75) is 33.6 Å². The summed E-state index contributed by atoms with van der Waals surface area (Å²) in [7, 11) is 0. The summed E-state index contributed by atoms with van der Waals surface area (Å²) in [6, 6.07) is 8.21. The molecule has 0 aliphatic rings. The van der Waals surface area contributed by atoms with Crippen LogP contribution in [0.1, 0.15) is 27.9 Å². The first-order chi connectivity index (χ1) is 8.56. The first-order valence-corrected chi connectivity index (χ1v) is 6.21. The lowest BCUT2D eigenvalue weighted by molar-refractivity contribution is 0.853. The number of benzene rings is 1. The number of rotatable bonds is 3. The molecule has 94 valence electrons. The SMILES string of the molecule is Cc1cc(C)c(CCc2ccc(N)nn2)c(C)c1. The monoisotopic (exact) mass is 241 g/mol. The van der Waals surface area contributed by atoms with Crippen molar-refractivity contribution in [3.63, 3.8) is 0 Å². The predicted molar refractivity (Wildman–Crippen MR) is 74.5 cm³/mol. The minimum Gasteiger partial charge on any atom is -0.382 e. The summed E-state index contributed by atoms with van der Waals surface area (Å²) in [5.41, 5.74) is 12.0. The van der Waals surface area contributed by atoms with Crippen molar-refractivity contribution < 1.29 is 0 Å². The number of anilines is 1. The lowest BCUT2D eigenvalue weighted by Gasteiger charge is -2.10. The first-order valence-electron chi connectivity index (χ1n) is 6.21. The Morgan fingerprint density at radius 3 is 2.17 bits per heavy atom. The minimum atomic E-state index is 0.474. The summed E-state index contributed by atoms with van der Waals surface area (Å²) in [6.07, 6.45) is 1.90. The van der Waals surface area contributed by atoms with Crippen molar-refractivity contribution in [1.29, 1.82) is 0 Å². The lowest BCUT2D eigenvalue weighted by atomic mass is 9.95. The number of hydrogen-bond donors (Lipinski definition) is 1. The maximum atomic E-state index is 5.53. The fraction of sp³-hybridized carbons (Fsp3) is 0.333. The van der Waals surface area contributed by atoms with E-state index in [0.717, 1.165) is 18.5 Å². The van der Waals surface area contributed by atoms with Crippen LogP contribution in [0.2, 0.25) is 0 Å². The molecule has 3 heteroatoms. The number of nitrogen functional groups attached to an aromatic ring is 1. The van der Waals surface area contributed by atoms with E-state index in [1.165, 1.54) is 22.3 Å². The molecular weight excluding hydrogens is 222 g/mol. The molecule has 0 radical (unpaired) electrons. The van der Waals surface area contributed by atoms with E-state index in [1.807, 2.05) is 6.07 Å². The number of nitrogens with two attached hydrogens (primary N) is 1. The van der Waals surface area contributed by atoms with Crippen molar-refractivity contribution in [2.75, 3.05) is 5.73 Å². The summed E-state index contributed by atoms with van der Waals surface area (Å²) < 4.78 is 0. The molecule has 2 rings (SSSR count). The quantitative estimate of drug-likeness (QED) is 0.899. The highest BCUT2D eigenvalue weighted by Crippen LogP contribution is 2.18. The zero-order chi connectivity index (χ0) is 13.1. The van der Waals surface area contributed by atoms with E-state index in [-0.39, 0.29) is 0 Å². The second-order valence-corrected chi connectivity index (χ2v) is 4.83. The van der Waals surface area contributed by atoms with Crippen molar-refractivity contribution >= 4 is 5.82 Å². The Labute approximate surface area is 108 Å². The highest BCUT2D eigenvalue weighted by molar-refractivity contribution is 5.38. The summed E-state index contributed by atoms with van der Waals surface area (Å²) in [5.74, 6) is 0.474. The third kappa shape index (κ3) is 2.86. The Hall–Kier alpha value is -1.90. The molecule has 0 fully saturated rings. The van der Waals surface area contributed by atoms with Gasteiger partial charge in [0, 0.05) is 0 Å². The molecule has 18 heavy (non-hydrogen) atoms. The highest BCUT2D eigenvalue weighted by atomic mass is 15.1. The van der Waals surface area contributed by atoms with Gasteiger partial charge in [0.1, 0.15) is 5.82 Å². The molecule has 0 atom stereocenters. The summed E-state index contributed by atoms with van der Waals surface area (Å²) in [5, 5.41) is 7.97. The van der Waals surface area contributed by atoms with Gasteiger partial charge in [-0.3, -0.25) is 0 Å². The highest BCUT2D eigenvalue weighted by Gasteiger charge is 2.05. The maximum absolute atomic E-state index is 5.53. The lowest BCUT2D eigenvalue weighted by Crippen LogP contribution is -2.02. The fourth-order valence-electron chi connectivity index (χ4n) is 2.36. The Morgan fingerprint density at radius 1 is 0.944 bits per heavy atom. The molecule has 0 saturated heterocycles. The zero-order valence-electron chi connectivity index (χ0n) is 11.2. The summed E-state index contributed by atoms with van der Waals surface area (Å²) >= 11 is 0. The Kier molecular flexibility index (Phi) is 3.60.